The van der Waals surface area contributed by atoms with Crippen molar-refractivity contribution in [3.63, 3.8) is 0 Å². The minimum atomic E-state index is -1.00. The fourth-order valence-electron chi connectivity index (χ4n) is 1.11. The number of Topliss-reactive ketones (excluding diaryl/α,β-unsaturated/α-hetero) is 1. The first-order chi connectivity index (χ1) is 4.61. The zero-order valence-electron chi connectivity index (χ0n) is 5.70. The number of carbonyl (C=O) groups excluding carboxylic acids is 1. The standard InChI is InChI=1S/C6H9NO3/c1-4-2-5(8)3-7(4)6(9)10/h4H,2-3H2,1H3,(H,9,10)/t4-/m1/s1. The summed E-state index contributed by atoms with van der Waals surface area (Å²) in [5.41, 5.74) is 0. The highest BCUT2D eigenvalue weighted by Gasteiger charge is 2.30. The molecule has 0 spiro atoms. The second-order valence-corrected chi connectivity index (χ2v) is 2.50. The smallest absolute Gasteiger partial charge is 0.407 e. The molecule has 1 N–H and O–H groups in total. The van der Waals surface area contributed by atoms with Gasteiger partial charge in [-0.25, -0.2) is 4.79 Å². The van der Waals surface area contributed by atoms with Gasteiger partial charge in [-0.15, -0.1) is 0 Å². The minimum Gasteiger partial charge on any atom is -0.465 e. The van der Waals surface area contributed by atoms with E-state index < -0.39 is 6.09 Å². The molecule has 4 heteroatoms. The van der Waals surface area contributed by atoms with Crippen LogP contribution in [0.4, 0.5) is 4.79 Å². The van der Waals surface area contributed by atoms with Crippen LogP contribution in [0.5, 0.6) is 0 Å². The van der Waals surface area contributed by atoms with Crippen LogP contribution in [-0.2, 0) is 4.79 Å². The average Bonchev–Trinajstić information content (AvgIpc) is 2.10. The maximum atomic E-state index is 10.7. The van der Waals surface area contributed by atoms with E-state index in [1.165, 1.54) is 0 Å². The maximum absolute atomic E-state index is 10.7. The average molecular weight is 143 g/mol. The molecule has 0 aliphatic carbocycles. The van der Waals surface area contributed by atoms with Gasteiger partial charge in [0.25, 0.3) is 0 Å². The van der Waals surface area contributed by atoms with Crippen molar-refractivity contribution in [1.82, 2.24) is 4.90 Å². The van der Waals surface area contributed by atoms with Gasteiger partial charge in [-0.1, -0.05) is 0 Å². The van der Waals surface area contributed by atoms with E-state index in [0.717, 1.165) is 4.90 Å². The second-order valence-electron chi connectivity index (χ2n) is 2.50. The Morgan fingerprint density at radius 3 is 2.60 bits per heavy atom. The van der Waals surface area contributed by atoms with Crippen LogP contribution in [0.25, 0.3) is 0 Å². The number of rotatable bonds is 0. The number of hydrogen-bond acceptors (Lipinski definition) is 2. The number of carbonyl (C=O) groups is 2. The first kappa shape index (κ1) is 7.05. The van der Waals surface area contributed by atoms with Crippen LogP contribution >= 0.6 is 0 Å². The van der Waals surface area contributed by atoms with Crippen LogP contribution in [0, 0.1) is 0 Å². The summed E-state index contributed by atoms with van der Waals surface area (Å²) in [7, 11) is 0. The highest BCUT2D eigenvalue weighted by Crippen LogP contribution is 2.12. The van der Waals surface area contributed by atoms with Gasteiger partial charge in [0, 0.05) is 12.5 Å². The van der Waals surface area contributed by atoms with E-state index in [9.17, 15) is 9.59 Å². The molecule has 0 radical (unpaired) electrons. The van der Waals surface area contributed by atoms with Crippen molar-refractivity contribution in [2.24, 2.45) is 0 Å². The molecule has 4 nitrogen and oxygen atoms in total. The molecular weight excluding hydrogens is 134 g/mol. The van der Waals surface area contributed by atoms with Gasteiger partial charge in [-0.2, -0.15) is 0 Å². The highest BCUT2D eigenvalue weighted by atomic mass is 16.4. The fourth-order valence-corrected chi connectivity index (χ4v) is 1.11. The molecule has 0 saturated carbocycles. The lowest BCUT2D eigenvalue weighted by Gasteiger charge is -2.14. The van der Waals surface area contributed by atoms with Crippen LogP contribution in [0.15, 0.2) is 0 Å². The molecule has 1 atom stereocenters. The number of likely N-dealkylation sites (tertiary alicyclic amines) is 1. The predicted molar refractivity (Wildman–Crippen MR) is 33.8 cm³/mol. The van der Waals surface area contributed by atoms with Gasteiger partial charge in [0.2, 0.25) is 0 Å². The van der Waals surface area contributed by atoms with Crippen LogP contribution in [-0.4, -0.2) is 34.5 Å². The lowest BCUT2D eigenvalue weighted by atomic mass is 10.2. The van der Waals surface area contributed by atoms with E-state index in [1.54, 1.807) is 6.92 Å². The summed E-state index contributed by atoms with van der Waals surface area (Å²) in [4.78, 5) is 22.1. The third kappa shape index (κ3) is 1.10. The van der Waals surface area contributed by atoms with Gasteiger partial charge in [-0.05, 0) is 6.92 Å². The van der Waals surface area contributed by atoms with Crippen molar-refractivity contribution in [1.29, 1.82) is 0 Å². The first-order valence-electron chi connectivity index (χ1n) is 3.12. The Morgan fingerprint density at radius 2 is 2.40 bits per heavy atom. The van der Waals surface area contributed by atoms with Crippen molar-refractivity contribution in [2.45, 2.75) is 19.4 Å². The molecule has 1 heterocycles. The first-order valence-corrected chi connectivity index (χ1v) is 3.12. The lowest BCUT2D eigenvalue weighted by Crippen LogP contribution is -2.32. The zero-order valence-corrected chi connectivity index (χ0v) is 5.70. The molecule has 0 aromatic carbocycles. The molecule has 1 rings (SSSR count). The molecule has 1 saturated heterocycles. The lowest BCUT2D eigenvalue weighted by molar-refractivity contribution is -0.116. The SMILES string of the molecule is C[C@@H]1CC(=O)CN1C(=O)O. The number of hydrogen-bond donors (Lipinski definition) is 1. The molecule has 0 bridgehead atoms. The number of nitrogens with zero attached hydrogens (tertiary/aromatic N) is 1. The van der Waals surface area contributed by atoms with Gasteiger partial charge < -0.3 is 5.11 Å². The highest BCUT2D eigenvalue weighted by molar-refractivity contribution is 5.87. The number of carboxylic acid groups (broad SMARTS) is 1. The topological polar surface area (TPSA) is 57.6 Å². The Hall–Kier alpha value is -1.06. The summed E-state index contributed by atoms with van der Waals surface area (Å²) in [5.74, 6) is 0.00917. The molecule has 1 fully saturated rings. The van der Waals surface area contributed by atoms with Crippen LogP contribution in [0.1, 0.15) is 13.3 Å². The van der Waals surface area contributed by atoms with Gasteiger partial charge in [0.1, 0.15) is 0 Å². The zero-order chi connectivity index (χ0) is 7.72. The Kier molecular flexibility index (Phi) is 1.61. The van der Waals surface area contributed by atoms with E-state index in [-0.39, 0.29) is 18.4 Å². The van der Waals surface area contributed by atoms with Crippen LogP contribution in [0.3, 0.4) is 0 Å². The van der Waals surface area contributed by atoms with Gasteiger partial charge in [0.15, 0.2) is 5.78 Å². The van der Waals surface area contributed by atoms with Crippen LogP contribution in [0.2, 0.25) is 0 Å². The molecule has 1 aliphatic rings. The molecule has 1 aliphatic heterocycles. The van der Waals surface area contributed by atoms with Gasteiger partial charge >= 0.3 is 6.09 Å². The molecule has 56 valence electrons. The third-order valence-corrected chi connectivity index (χ3v) is 1.65. The predicted octanol–water partition coefficient (Wildman–Crippen LogP) is 0.328. The summed E-state index contributed by atoms with van der Waals surface area (Å²) >= 11 is 0. The molecular formula is C6H9NO3. The largest absolute Gasteiger partial charge is 0.465 e. The van der Waals surface area contributed by atoms with Crippen LogP contribution < -0.4 is 0 Å². The summed E-state index contributed by atoms with van der Waals surface area (Å²) < 4.78 is 0. The van der Waals surface area contributed by atoms with Crippen molar-refractivity contribution in [2.75, 3.05) is 6.54 Å². The molecule has 0 aromatic rings. The van der Waals surface area contributed by atoms with Gasteiger partial charge in [0.05, 0.1) is 6.54 Å². The molecule has 1 amide bonds. The van der Waals surface area contributed by atoms with E-state index in [1.807, 2.05) is 0 Å². The second kappa shape index (κ2) is 2.28. The summed E-state index contributed by atoms with van der Waals surface area (Å²) in [5, 5.41) is 8.48. The van der Waals surface area contributed by atoms with Gasteiger partial charge in [-0.3, -0.25) is 9.69 Å². The number of amides is 1. The molecule has 10 heavy (non-hydrogen) atoms. The van der Waals surface area contributed by atoms with E-state index in [2.05, 4.69) is 0 Å². The fraction of sp³-hybridized carbons (Fsp3) is 0.667. The monoisotopic (exact) mass is 143 g/mol. The Bertz CT molecular complexity index is 178. The maximum Gasteiger partial charge on any atom is 0.407 e. The Labute approximate surface area is 58.4 Å². The van der Waals surface area contributed by atoms with E-state index in [0.29, 0.717) is 6.42 Å². The minimum absolute atomic E-state index is 0.00917. The quantitative estimate of drug-likeness (QED) is 0.531. The summed E-state index contributed by atoms with van der Waals surface area (Å²) in [6, 6.07) is -0.134. The third-order valence-electron chi connectivity index (χ3n) is 1.65. The normalized spacial score (nSPS) is 25.5. The summed E-state index contributed by atoms with van der Waals surface area (Å²) in [6.45, 7) is 1.80. The molecule has 0 aromatic heterocycles. The summed E-state index contributed by atoms with van der Waals surface area (Å²) in [6.07, 6.45) is -0.634. The van der Waals surface area contributed by atoms with Crippen molar-refractivity contribution in [3.8, 4) is 0 Å². The van der Waals surface area contributed by atoms with Crippen molar-refractivity contribution < 1.29 is 14.7 Å². The van der Waals surface area contributed by atoms with E-state index in [4.69, 9.17) is 5.11 Å². The van der Waals surface area contributed by atoms with Crippen molar-refractivity contribution in [3.05, 3.63) is 0 Å². The van der Waals surface area contributed by atoms with E-state index >= 15 is 0 Å². The Morgan fingerprint density at radius 1 is 1.80 bits per heavy atom. The number of ketones is 1. The molecule has 0 unspecified atom stereocenters. The Balaban J connectivity index is 2.63. The van der Waals surface area contributed by atoms with Crippen molar-refractivity contribution >= 4 is 11.9 Å².